The molecule has 0 aromatic heterocycles. The zero-order valence-electron chi connectivity index (χ0n) is 11.8. The molecule has 110 valence electrons. The maximum atomic E-state index is 9.59. The van der Waals surface area contributed by atoms with Gasteiger partial charge in [-0.05, 0) is 68.9 Å². The van der Waals surface area contributed by atoms with E-state index in [0.717, 1.165) is 32.4 Å². The molecule has 3 atom stereocenters. The van der Waals surface area contributed by atoms with Crippen LogP contribution in [-0.4, -0.2) is 47.5 Å². The van der Waals surface area contributed by atoms with Crippen LogP contribution in [0.4, 0.5) is 0 Å². The lowest BCUT2D eigenvalue weighted by molar-refractivity contribution is -0.0934. The van der Waals surface area contributed by atoms with Crippen LogP contribution in [0.15, 0.2) is 0 Å². The highest BCUT2D eigenvalue weighted by atomic mass is 32.2. The van der Waals surface area contributed by atoms with Crippen molar-refractivity contribution >= 4 is 11.8 Å². The molecular weight excluding hydrogens is 258 g/mol. The van der Waals surface area contributed by atoms with E-state index >= 15 is 0 Å². The molecule has 0 bridgehead atoms. The van der Waals surface area contributed by atoms with Crippen LogP contribution in [0, 0.1) is 5.92 Å². The van der Waals surface area contributed by atoms with E-state index in [1.807, 2.05) is 0 Å². The van der Waals surface area contributed by atoms with E-state index in [-0.39, 0.29) is 11.7 Å². The molecule has 3 rings (SSSR count). The van der Waals surface area contributed by atoms with E-state index in [0.29, 0.717) is 12.0 Å². The molecule has 2 heterocycles. The minimum Gasteiger partial charge on any atom is -0.393 e. The number of hydrogen-bond acceptors (Lipinski definition) is 4. The van der Waals surface area contributed by atoms with E-state index < -0.39 is 0 Å². The summed E-state index contributed by atoms with van der Waals surface area (Å²) in [6.45, 7) is 2.02. The average molecular weight is 285 g/mol. The lowest BCUT2D eigenvalue weighted by atomic mass is 9.85. The fourth-order valence-electron chi connectivity index (χ4n) is 3.86. The smallest absolute Gasteiger partial charge is 0.0713 e. The predicted octanol–water partition coefficient (Wildman–Crippen LogP) is 2.18. The van der Waals surface area contributed by atoms with E-state index in [1.54, 1.807) is 0 Å². The van der Waals surface area contributed by atoms with Gasteiger partial charge >= 0.3 is 0 Å². The molecule has 4 heteroatoms. The Morgan fingerprint density at radius 1 is 1.21 bits per heavy atom. The molecule has 2 N–H and O–H groups in total. The van der Waals surface area contributed by atoms with Crippen LogP contribution in [0.3, 0.4) is 0 Å². The van der Waals surface area contributed by atoms with Gasteiger partial charge in [0.2, 0.25) is 0 Å². The van der Waals surface area contributed by atoms with Crippen molar-refractivity contribution in [3.63, 3.8) is 0 Å². The molecule has 1 saturated carbocycles. The van der Waals surface area contributed by atoms with E-state index in [4.69, 9.17) is 4.74 Å². The second-order valence-electron chi connectivity index (χ2n) is 6.57. The Kier molecular flexibility index (Phi) is 4.73. The van der Waals surface area contributed by atoms with Gasteiger partial charge in [-0.3, -0.25) is 0 Å². The molecule has 3 fully saturated rings. The van der Waals surface area contributed by atoms with Crippen LogP contribution < -0.4 is 5.32 Å². The summed E-state index contributed by atoms with van der Waals surface area (Å²) < 4.78 is 6.13. The van der Waals surface area contributed by atoms with Gasteiger partial charge in [0, 0.05) is 12.6 Å². The van der Waals surface area contributed by atoms with Crippen molar-refractivity contribution in [1.29, 1.82) is 0 Å². The summed E-state index contributed by atoms with van der Waals surface area (Å²) in [5, 5.41) is 13.3. The number of aliphatic hydroxyl groups excluding tert-OH is 1. The molecule has 2 saturated heterocycles. The number of hydrogen-bond donors (Lipinski definition) is 2. The van der Waals surface area contributed by atoms with Crippen LogP contribution >= 0.6 is 11.8 Å². The number of rotatable bonds is 3. The molecule has 3 nitrogen and oxygen atoms in total. The van der Waals surface area contributed by atoms with Gasteiger partial charge < -0.3 is 15.2 Å². The normalized spacial score (nSPS) is 38.7. The van der Waals surface area contributed by atoms with Crippen molar-refractivity contribution < 1.29 is 9.84 Å². The number of ether oxygens (including phenoxy) is 1. The summed E-state index contributed by atoms with van der Waals surface area (Å²) in [5.74, 6) is 3.22. The third-order valence-corrected chi connectivity index (χ3v) is 6.09. The van der Waals surface area contributed by atoms with Crippen molar-refractivity contribution in [2.75, 3.05) is 24.7 Å². The Balaban J connectivity index is 1.45. The second-order valence-corrected chi connectivity index (χ2v) is 7.80. The monoisotopic (exact) mass is 285 g/mol. The standard InChI is InChI=1S/C15H27NO2S/c17-14-2-1-12(9-14)11-16-13-3-6-18-15(10-13)4-7-19-8-5-15/h12-14,16-17H,1-11H2. The van der Waals surface area contributed by atoms with Crippen molar-refractivity contribution in [1.82, 2.24) is 5.32 Å². The molecule has 2 aliphatic heterocycles. The molecule has 0 radical (unpaired) electrons. The SMILES string of the molecule is OC1CCC(CNC2CCOC3(CCSCC3)C2)C1. The van der Waals surface area contributed by atoms with Gasteiger partial charge in [0.05, 0.1) is 11.7 Å². The summed E-state index contributed by atoms with van der Waals surface area (Å²) in [7, 11) is 0. The van der Waals surface area contributed by atoms with Gasteiger partial charge in [0.1, 0.15) is 0 Å². The lowest BCUT2D eigenvalue weighted by Crippen LogP contribution is -2.49. The first kappa shape index (κ1) is 14.2. The largest absolute Gasteiger partial charge is 0.393 e. The third kappa shape index (κ3) is 3.66. The highest BCUT2D eigenvalue weighted by Crippen LogP contribution is 2.37. The topological polar surface area (TPSA) is 41.5 Å². The van der Waals surface area contributed by atoms with Crippen molar-refractivity contribution in [3.8, 4) is 0 Å². The summed E-state index contributed by atoms with van der Waals surface area (Å²) in [5.41, 5.74) is 0.191. The molecular formula is C15H27NO2S. The van der Waals surface area contributed by atoms with Crippen molar-refractivity contribution in [3.05, 3.63) is 0 Å². The third-order valence-electron chi connectivity index (χ3n) is 5.11. The van der Waals surface area contributed by atoms with E-state index in [2.05, 4.69) is 17.1 Å². The number of nitrogens with one attached hydrogen (secondary N) is 1. The van der Waals surface area contributed by atoms with Gasteiger partial charge in [-0.2, -0.15) is 11.8 Å². The molecule has 19 heavy (non-hydrogen) atoms. The van der Waals surface area contributed by atoms with Crippen LogP contribution in [-0.2, 0) is 4.74 Å². The first-order chi connectivity index (χ1) is 9.26. The number of thioether (sulfide) groups is 1. The lowest BCUT2D eigenvalue weighted by Gasteiger charge is -2.43. The fourth-order valence-corrected chi connectivity index (χ4v) is 5.10. The molecule has 0 aromatic carbocycles. The molecule has 1 spiro atoms. The van der Waals surface area contributed by atoms with Gasteiger partial charge in [-0.15, -0.1) is 0 Å². The van der Waals surface area contributed by atoms with Crippen molar-refractivity contribution in [2.24, 2.45) is 5.92 Å². The van der Waals surface area contributed by atoms with Crippen LogP contribution in [0.5, 0.6) is 0 Å². The molecule has 3 unspecified atom stereocenters. The molecule has 1 aliphatic carbocycles. The zero-order chi connectivity index (χ0) is 13.1. The zero-order valence-corrected chi connectivity index (χ0v) is 12.6. The second kappa shape index (κ2) is 6.33. The first-order valence-corrected chi connectivity index (χ1v) is 9.04. The number of aliphatic hydroxyl groups is 1. The maximum absolute atomic E-state index is 9.59. The van der Waals surface area contributed by atoms with E-state index in [9.17, 15) is 5.11 Å². The summed E-state index contributed by atoms with van der Waals surface area (Å²) in [4.78, 5) is 0. The summed E-state index contributed by atoms with van der Waals surface area (Å²) in [6, 6.07) is 0.634. The van der Waals surface area contributed by atoms with Crippen LogP contribution in [0.2, 0.25) is 0 Å². The van der Waals surface area contributed by atoms with Crippen molar-refractivity contribution in [2.45, 2.75) is 62.7 Å². The Hall–Kier alpha value is 0.230. The first-order valence-electron chi connectivity index (χ1n) is 7.89. The fraction of sp³-hybridized carbons (Fsp3) is 1.00. The quantitative estimate of drug-likeness (QED) is 0.834. The average Bonchev–Trinajstić information content (AvgIpc) is 2.83. The predicted molar refractivity (Wildman–Crippen MR) is 79.6 cm³/mol. The Morgan fingerprint density at radius 2 is 2.05 bits per heavy atom. The van der Waals surface area contributed by atoms with Gasteiger partial charge in [0.25, 0.3) is 0 Å². The molecule has 0 aromatic rings. The maximum Gasteiger partial charge on any atom is 0.0713 e. The highest BCUT2D eigenvalue weighted by molar-refractivity contribution is 7.99. The summed E-state index contributed by atoms with van der Waals surface area (Å²) in [6.07, 6.45) is 7.98. The van der Waals surface area contributed by atoms with Gasteiger partial charge in [-0.1, -0.05) is 0 Å². The van der Waals surface area contributed by atoms with Gasteiger partial charge in [0.15, 0.2) is 0 Å². The van der Waals surface area contributed by atoms with Crippen LogP contribution in [0.1, 0.15) is 44.9 Å². The van der Waals surface area contributed by atoms with E-state index in [1.165, 1.54) is 37.2 Å². The highest BCUT2D eigenvalue weighted by Gasteiger charge is 2.38. The Bertz CT molecular complexity index is 288. The van der Waals surface area contributed by atoms with Crippen LogP contribution in [0.25, 0.3) is 0 Å². The molecule has 3 aliphatic rings. The summed E-state index contributed by atoms with van der Waals surface area (Å²) >= 11 is 2.07. The van der Waals surface area contributed by atoms with Gasteiger partial charge in [-0.25, -0.2) is 0 Å². The minimum atomic E-state index is -0.0387. The molecule has 0 amide bonds. The Morgan fingerprint density at radius 3 is 2.79 bits per heavy atom. The Labute approximate surface area is 120 Å². The minimum absolute atomic E-state index is 0.0387.